The van der Waals surface area contributed by atoms with Crippen molar-refractivity contribution in [2.75, 3.05) is 13.2 Å². The van der Waals surface area contributed by atoms with Crippen LogP contribution < -0.4 is 0 Å². The molecule has 0 aliphatic carbocycles. The van der Waals surface area contributed by atoms with Gasteiger partial charge in [-0.05, 0) is 36.1 Å². The summed E-state index contributed by atoms with van der Waals surface area (Å²) in [5, 5.41) is 27.1. The number of phenols is 2. The fourth-order valence-corrected chi connectivity index (χ4v) is 1.38. The maximum atomic E-state index is 11.4. The molecule has 1 aromatic rings. The highest BCUT2D eigenvalue weighted by atomic mass is 16.5. The van der Waals surface area contributed by atoms with E-state index in [2.05, 4.69) is 0 Å². The fourth-order valence-electron chi connectivity index (χ4n) is 1.38. The Hall–Kier alpha value is -2.01. The van der Waals surface area contributed by atoms with Crippen molar-refractivity contribution in [3.8, 4) is 11.5 Å². The lowest BCUT2D eigenvalue weighted by molar-refractivity contribution is -0.139. The fraction of sp³-hybridized carbons (Fsp3) is 0.357. The van der Waals surface area contributed by atoms with E-state index in [1.165, 1.54) is 24.3 Å². The molecule has 19 heavy (non-hydrogen) atoms. The number of rotatable bonds is 6. The third kappa shape index (κ3) is 5.44. The summed E-state index contributed by atoms with van der Waals surface area (Å²) in [5.74, 6) is -0.831. The van der Waals surface area contributed by atoms with Gasteiger partial charge >= 0.3 is 5.97 Å². The number of phenolic OH excluding ortho intramolecular Hbond substituents is 2. The Morgan fingerprint density at radius 1 is 1.37 bits per heavy atom. The van der Waals surface area contributed by atoms with E-state index < -0.39 is 5.97 Å². The molecule has 5 heteroatoms. The second kappa shape index (κ2) is 7.43. The van der Waals surface area contributed by atoms with Gasteiger partial charge in [0.25, 0.3) is 0 Å². The number of aliphatic hydroxyl groups is 1. The quantitative estimate of drug-likeness (QED) is 0.414. The lowest BCUT2D eigenvalue weighted by Gasteiger charge is -2.08. The minimum atomic E-state index is -0.489. The molecule has 0 aromatic heterocycles. The summed E-state index contributed by atoms with van der Waals surface area (Å²) in [6.07, 6.45) is 3.32. The zero-order valence-corrected chi connectivity index (χ0v) is 10.7. The van der Waals surface area contributed by atoms with E-state index in [1.54, 1.807) is 6.07 Å². The highest BCUT2D eigenvalue weighted by Crippen LogP contribution is 2.25. The van der Waals surface area contributed by atoms with Crippen LogP contribution >= 0.6 is 0 Å². The van der Waals surface area contributed by atoms with E-state index in [-0.39, 0.29) is 30.6 Å². The van der Waals surface area contributed by atoms with Crippen molar-refractivity contribution < 1.29 is 24.9 Å². The summed E-state index contributed by atoms with van der Waals surface area (Å²) in [6.45, 7) is 2.21. The van der Waals surface area contributed by atoms with Gasteiger partial charge in [-0.2, -0.15) is 0 Å². The standard InChI is InChI=1S/C14H18O5/c1-10(6-7-15)9-19-14(18)5-3-11-2-4-12(16)13(17)8-11/h2-5,8,10,15-17H,6-7,9H2,1H3. The van der Waals surface area contributed by atoms with Gasteiger partial charge in [0.15, 0.2) is 11.5 Å². The van der Waals surface area contributed by atoms with Gasteiger partial charge < -0.3 is 20.1 Å². The second-order valence-corrected chi connectivity index (χ2v) is 4.33. The third-order valence-corrected chi connectivity index (χ3v) is 2.54. The predicted octanol–water partition coefficient (Wildman–Crippen LogP) is 1.67. The van der Waals surface area contributed by atoms with Crippen molar-refractivity contribution >= 4 is 12.0 Å². The SMILES string of the molecule is CC(CCO)COC(=O)C=Cc1ccc(O)c(O)c1. The van der Waals surface area contributed by atoms with Crippen molar-refractivity contribution in [1.29, 1.82) is 0 Å². The summed E-state index contributed by atoms with van der Waals surface area (Å²) in [7, 11) is 0. The zero-order chi connectivity index (χ0) is 14.3. The Kier molecular flexibility index (Phi) is 5.89. The van der Waals surface area contributed by atoms with Gasteiger partial charge in [0.05, 0.1) is 6.61 Å². The summed E-state index contributed by atoms with van der Waals surface area (Å²) < 4.78 is 4.98. The molecule has 0 saturated carbocycles. The van der Waals surface area contributed by atoms with Crippen LogP contribution in [0.25, 0.3) is 6.08 Å². The van der Waals surface area contributed by atoms with Crippen LogP contribution in [0.2, 0.25) is 0 Å². The predicted molar refractivity (Wildman–Crippen MR) is 70.6 cm³/mol. The summed E-state index contributed by atoms with van der Waals surface area (Å²) >= 11 is 0. The lowest BCUT2D eigenvalue weighted by Crippen LogP contribution is -2.11. The number of hydrogen-bond acceptors (Lipinski definition) is 5. The molecule has 0 spiro atoms. The average Bonchev–Trinajstić information content (AvgIpc) is 2.38. The molecular formula is C14H18O5. The Morgan fingerprint density at radius 2 is 2.11 bits per heavy atom. The first-order valence-corrected chi connectivity index (χ1v) is 6.00. The van der Waals surface area contributed by atoms with Gasteiger partial charge in [0.1, 0.15) is 0 Å². The normalized spacial score (nSPS) is 12.5. The van der Waals surface area contributed by atoms with Crippen molar-refractivity contribution in [3.05, 3.63) is 29.8 Å². The molecule has 104 valence electrons. The first-order chi connectivity index (χ1) is 9.02. The Balaban J connectivity index is 2.47. The van der Waals surface area contributed by atoms with Gasteiger partial charge in [-0.15, -0.1) is 0 Å². The molecule has 0 saturated heterocycles. The van der Waals surface area contributed by atoms with Crippen LogP contribution in [-0.4, -0.2) is 34.5 Å². The first-order valence-electron chi connectivity index (χ1n) is 6.00. The number of carbonyl (C=O) groups is 1. The van der Waals surface area contributed by atoms with Crippen molar-refractivity contribution in [2.45, 2.75) is 13.3 Å². The molecule has 1 rings (SSSR count). The number of aromatic hydroxyl groups is 2. The molecule has 1 atom stereocenters. The van der Waals surface area contributed by atoms with Crippen molar-refractivity contribution in [2.24, 2.45) is 5.92 Å². The zero-order valence-electron chi connectivity index (χ0n) is 10.7. The minimum absolute atomic E-state index is 0.0708. The average molecular weight is 266 g/mol. The second-order valence-electron chi connectivity index (χ2n) is 4.33. The number of carbonyl (C=O) groups excluding carboxylic acids is 1. The molecule has 5 nitrogen and oxygen atoms in total. The maximum absolute atomic E-state index is 11.4. The van der Waals surface area contributed by atoms with Gasteiger partial charge in [0.2, 0.25) is 0 Å². The molecule has 1 unspecified atom stereocenters. The topological polar surface area (TPSA) is 87.0 Å². The summed E-state index contributed by atoms with van der Waals surface area (Å²) in [4.78, 5) is 11.4. The van der Waals surface area contributed by atoms with Crippen molar-refractivity contribution in [1.82, 2.24) is 0 Å². The highest BCUT2D eigenvalue weighted by Gasteiger charge is 2.04. The van der Waals surface area contributed by atoms with Crippen LogP contribution in [-0.2, 0) is 9.53 Å². The molecule has 1 aromatic carbocycles. The van der Waals surface area contributed by atoms with Gasteiger partial charge in [0, 0.05) is 12.7 Å². The van der Waals surface area contributed by atoms with Crippen LogP contribution in [0.1, 0.15) is 18.9 Å². The molecule has 0 amide bonds. The largest absolute Gasteiger partial charge is 0.504 e. The van der Waals surface area contributed by atoms with E-state index >= 15 is 0 Å². The van der Waals surface area contributed by atoms with Gasteiger partial charge in [-0.1, -0.05) is 13.0 Å². The minimum Gasteiger partial charge on any atom is -0.504 e. The number of hydrogen-bond donors (Lipinski definition) is 3. The van der Waals surface area contributed by atoms with E-state index in [9.17, 15) is 9.90 Å². The van der Waals surface area contributed by atoms with Gasteiger partial charge in [-0.25, -0.2) is 4.79 Å². The Morgan fingerprint density at radius 3 is 2.74 bits per heavy atom. The molecule has 3 N–H and O–H groups in total. The molecule has 0 aliphatic heterocycles. The van der Waals surface area contributed by atoms with Crippen LogP contribution in [0.5, 0.6) is 11.5 Å². The van der Waals surface area contributed by atoms with Crippen molar-refractivity contribution in [3.63, 3.8) is 0 Å². The molecule has 0 aliphatic rings. The van der Waals surface area contributed by atoms with Gasteiger partial charge in [-0.3, -0.25) is 0 Å². The van der Waals surface area contributed by atoms with Crippen LogP contribution in [0.15, 0.2) is 24.3 Å². The molecule has 0 heterocycles. The van der Waals surface area contributed by atoms with E-state index in [0.717, 1.165) is 0 Å². The number of aliphatic hydroxyl groups excluding tert-OH is 1. The first kappa shape index (κ1) is 15.0. The lowest BCUT2D eigenvalue weighted by atomic mass is 10.1. The van der Waals surface area contributed by atoms with E-state index in [4.69, 9.17) is 14.9 Å². The summed E-state index contributed by atoms with van der Waals surface area (Å²) in [5.41, 5.74) is 0.579. The van der Waals surface area contributed by atoms with Crippen LogP contribution in [0, 0.1) is 5.92 Å². The monoisotopic (exact) mass is 266 g/mol. The molecule has 0 radical (unpaired) electrons. The summed E-state index contributed by atoms with van der Waals surface area (Å²) in [6, 6.07) is 4.24. The molecule has 0 fully saturated rings. The Bertz CT molecular complexity index is 453. The molecular weight excluding hydrogens is 248 g/mol. The smallest absolute Gasteiger partial charge is 0.330 e. The number of esters is 1. The Labute approximate surface area is 111 Å². The maximum Gasteiger partial charge on any atom is 0.330 e. The highest BCUT2D eigenvalue weighted by molar-refractivity contribution is 5.87. The number of ether oxygens (including phenoxy) is 1. The van der Waals surface area contributed by atoms with Crippen LogP contribution in [0.3, 0.4) is 0 Å². The van der Waals surface area contributed by atoms with Crippen LogP contribution in [0.4, 0.5) is 0 Å². The number of benzene rings is 1. The van der Waals surface area contributed by atoms with E-state index in [1.807, 2.05) is 6.92 Å². The molecule has 0 bridgehead atoms. The van der Waals surface area contributed by atoms with E-state index in [0.29, 0.717) is 12.0 Å². The third-order valence-electron chi connectivity index (χ3n) is 2.54.